The van der Waals surface area contributed by atoms with Gasteiger partial charge in [-0.15, -0.1) is 0 Å². The summed E-state index contributed by atoms with van der Waals surface area (Å²) in [5.74, 6) is 0.589. The van der Waals surface area contributed by atoms with Crippen molar-refractivity contribution in [3.05, 3.63) is 41.8 Å². The van der Waals surface area contributed by atoms with Crippen LogP contribution in [0.25, 0.3) is 11.5 Å². The predicted octanol–water partition coefficient (Wildman–Crippen LogP) is 1.64. The van der Waals surface area contributed by atoms with Crippen LogP contribution in [0.15, 0.2) is 34.9 Å². The Morgan fingerprint density at radius 3 is 2.56 bits per heavy atom. The third-order valence-electron chi connectivity index (χ3n) is 2.38. The lowest BCUT2D eigenvalue weighted by atomic mass is 10.1. The minimum atomic E-state index is -0.611. The third-order valence-corrected chi connectivity index (χ3v) is 2.38. The van der Waals surface area contributed by atoms with Gasteiger partial charge in [-0.25, -0.2) is 4.98 Å². The summed E-state index contributed by atoms with van der Waals surface area (Å²) in [6.45, 7) is 2.09. The number of benzene rings is 1. The van der Waals surface area contributed by atoms with Gasteiger partial charge in [-0.05, 0) is 24.6 Å². The smallest absolute Gasteiger partial charge is 0.226 e. The molecule has 0 saturated heterocycles. The highest BCUT2D eigenvalue weighted by Crippen LogP contribution is 2.21. The molecule has 0 radical (unpaired) electrons. The van der Waals surface area contributed by atoms with Crippen LogP contribution >= 0.6 is 0 Å². The molecule has 84 valence electrons. The molecule has 0 bridgehead atoms. The van der Waals surface area contributed by atoms with Crippen LogP contribution in [0.5, 0.6) is 0 Å². The minimum absolute atomic E-state index is 0.220. The van der Waals surface area contributed by atoms with Crippen LogP contribution in [0.3, 0.4) is 0 Å². The number of nitrogens with two attached hydrogens (primary N) is 1. The number of aliphatic hydroxyl groups excluding tert-OH is 1. The molecular formula is C12H14N2O2. The quantitative estimate of drug-likeness (QED) is 0.821. The van der Waals surface area contributed by atoms with Gasteiger partial charge in [-0.2, -0.15) is 0 Å². The van der Waals surface area contributed by atoms with Crippen LogP contribution < -0.4 is 5.73 Å². The molecule has 2 rings (SSSR count). The lowest BCUT2D eigenvalue weighted by molar-refractivity contribution is 0.187. The van der Waals surface area contributed by atoms with E-state index < -0.39 is 6.10 Å². The molecule has 4 heteroatoms. The van der Waals surface area contributed by atoms with Crippen LogP contribution in [0.4, 0.5) is 0 Å². The summed E-state index contributed by atoms with van der Waals surface area (Å²) in [4.78, 5) is 4.22. The topological polar surface area (TPSA) is 72.3 Å². The van der Waals surface area contributed by atoms with Gasteiger partial charge in [0.25, 0.3) is 0 Å². The van der Waals surface area contributed by atoms with Crippen molar-refractivity contribution in [2.45, 2.75) is 13.0 Å². The van der Waals surface area contributed by atoms with E-state index in [0.717, 1.165) is 16.8 Å². The Kier molecular flexibility index (Phi) is 3.03. The van der Waals surface area contributed by atoms with Crippen molar-refractivity contribution in [2.75, 3.05) is 6.54 Å². The van der Waals surface area contributed by atoms with Crippen molar-refractivity contribution in [3.8, 4) is 11.5 Å². The van der Waals surface area contributed by atoms with E-state index in [1.165, 1.54) is 0 Å². The highest BCUT2D eigenvalue weighted by atomic mass is 16.3. The first-order valence-corrected chi connectivity index (χ1v) is 5.11. The molecule has 1 heterocycles. The zero-order valence-corrected chi connectivity index (χ0v) is 9.05. The van der Waals surface area contributed by atoms with E-state index in [0.29, 0.717) is 5.89 Å². The van der Waals surface area contributed by atoms with Gasteiger partial charge in [-0.3, -0.25) is 0 Å². The zero-order valence-electron chi connectivity index (χ0n) is 9.05. The summed E-state index contributed by atoms with van der Waals surface area (Å²) in [5, 5.41) is 9.53. The third kappa shape index (κ3) is 2.13. The second kappa shape index (κ2) is 4.47. The summed E-state index contributed by atoms with van der Waals surface area (Å²) in [6, 6.07) is 7.37. The predicted molar refractivity (Wildman–Crippen MR) is 60.7 cm³/mol. The normalized spacial score (nSPS) is 12.7. The molecule has 0 aliphatic rings. The molecule has 0 saturated carbocycles. The number of aryl methyl sites for hydroxylation is 1. The Bertz CT molecular complexity index is 462. The number of hydrogen-bond donors (Lipinski definition) is 2. The van der Waals surface area contributed by atoms with Crippen LogP contribution in [0, 0.1) is 6.92 Å². The molecule has 4 nitrogen and oxygen atoms in total. The van der Waals surface area contributed by atoms with Crippen molar-refractivity contribution in [1.29, 1.82) is 0 Å². The van der Waals surface area contributed by atoms with Gasteiger partial charge >= 0.3 is 0 Å². The van der Waals surface area contributed by atoms with Gasteiger partial charge < -0.3 is 15.3 Å². The summed E-state index contributed by atoms with van der Waals surface area (Å²) in [6.07, 6.45) is 0.998. The van der Waals surface area contributed by atoms with E-state index in [4.69, 9.17) is 10.2 Å². The standard InChI is InChI=1S/C12H14N2O2/c1-8-7-16-12(14-8)10-4-2-9(3-5-10)11(15)6-13/h2-5,7,11,15H,6,13H2,1H3. The molecule has 1 aromatic heterocycles. The molecule has 2 aromatic rings. The van der Waals surface area contributed by atoms with Crippen LogP contribution in [0.2, 0.25) is 0 Å². The van der Waals surface area contributed by atoms with Crippen molar-refractivity contribution in [3.63, 3.8) is 0 Å². The molecule has 0 spiro atoms. The maximum Gasteiger partial charge on any atom is 0.226 e. The van der Waals surface area contributed by atoms with Crippen LogP contribution in [-0.4, -0.2) is 16.6 Å². The van der Waals surface area contributed by atoms with Crippen LogP contribution in [-0.2, 0) is 0 Å². The number of hydrogen-bond acceptors (Lipinski definition) is 4. The van der Waals surface area contributed by atoms with E-state index >= 15 is 0 Å². The lowest BCUT2D eigenvalue weighted by Gasteiger charge is -2.07. The Morgan fingerprint density at radius 1 is 1.38 bits per heavy atom. The van der Waals surface area contributed by atoms with Crippen molar-refractivity contribution in [1.82, 2.24) is 4.98 Å². The first kappa shape index (κ1) is 10.9. The fourth-order valence-electron chi connectivity index (χ4n) is 1.47. The summed E-state index contributed by atoms with van der Waals surface area (Å²) >= 11 is 0. The van der Waals surface area contributed by atoms with E-state index in [1.807, 2.05) is 31.2 Å². The van der Waals surface area contributed by atoms with Gasteiger partial charge in [0.05, 0.1) is 11.8 Å². The maximum absolute atomic E-state index is 9.53. The Balaban J connectivity index is 2.25. The van der Waals surface area contributed by atoms with Gasteiger partial charge in [0.15, 0.2) is 0 Å². The first-order chi connectivity index (χ1) is 7.70. The summed E-state index contributed by atoms with van der Waals surface area (Å²) in [5.41, 5.74) is 7.91. The minimum Gasteiger partial charge on any atom is -0.444 e. The van der Waals surface area contributed by atoms with Crippen LogP contribution in [0.1, 0.15) is 17.4 Å². The Labute approximate surface area is 93.7 Å². The monoisotopic (exact) mass is 218 g/mol. The van der Waals surface area contributed by atoms with Crippen molar-refractivity contribution < 1.29 is 9.52 Å². The van der Waals surface area contributed by atoms with Gasteiger partial charge in [-0.1, -0.05) is 12.1 Å². The molecular weight excluding hydrogens is 204 g/mol. The Morgan fingerprint density at radius 2 is 2.06 bits per heavy atom. The Hall–Kier alpha value is -1.65. The molecule has 0 amide bonds. The largest absolute Gasteiger partial charge is 0.444 e. The second-order valence-electron chi connectivity index (χ2n) is 3.67. The average molecular weight is 218 g/mol. The lowest BCUT2D eigenvalue weighted by Crippen LogP contribution is -2.11. The molecule has 16 heavy (non-hydrogen) atoms. The summed E-state index contributed by atoms with van der Waals surface area (Å²) in [7, 11) is 0. The zero-order chi connectivity index (χ0) is 11.5. The van der Waals surface area contributed by atoms with Gasteiger partial charge in [0, 0.05) is 12.1 Å². The fraction of sp³-hybridized carbons (Fsp3) is 0.250. The van der Waals surface area contributed by atoms with Gasteiger partial charge in [0.2, 0.25) is 5.89 Å². The highest BCUT2D eigenvalue weighted by Gasteiger charge is 2.07. The molecule has 1 atom stereocenters. The molecule has 1 aromatic carbocycles. The first-order valence-electron chi connectivity index (χ1n) is 5.11. The molecule has 0 fully saturated rings. The maximum atomic E-state index is 9.53. The van der Waals surface area contributed by atoms with E-state index in [2.05, 4.69) is 4.98 Å². The number of aliphatic hydroxyl groups is 1. The van der Waals surface area contributed by atoms with E-state index in [9.17, 15) is 5.11 Å². The molecule has 1 unspecified atom stereocenters. The summed E-state index contributed by atoms with van der Waals surface area (Å²) < 4.78 is 5.28. The molecule has 0 aliphatic heterocycles. The average Bonchev–Trinajstić information content (AvgIpc) is 2.75. The number of aromatic nitrogens is 1. The number of oxazole rings is 1. The van der Waals surface area contributed by atoms with Crippen molar-refractivity contribution in [2.24, 2.45) is 5.73 Å². The number of rotatable bonds is 3. The van der Waals surface area contributed by atoms with Crippen molar-refractivity contribution >= 4 is 0 Å². The highest BCUT2D eigenvalue weighted by molar-refractivity contribution is 5.53. The molecule has 0 aliphatic carbocycles. The van der Waals surface area contributed by atoms with Gasteiger partial charge in [0.1, 0.15) is 6.26 Å². The SMILES string of the molecule is Cc1coc(-c2ccc(C(O)CN)cc2)n1. The van der Waals surface area contributed by atoms with E-state index in [-0.39, 0.29) is 6.54 Å². The fourth-order valence-corrected chi connectivity index (χ4v) is 1.47. The van der Waals surface area contributed by atoms with E-state index in [1.54, 1.807) is 6.26 Å². The number of nitrogens with zero attached hydrogens (tertiary/aromatic N) is 1. The second-order valence-corrected chi connectivity index (χ2v) is 3.67. The molecule has 3 N–H and O–H groups in total.